The lowest BCUT2D eigenvalue weighted by Crippen LogP contribution is -2.37. The van der Waals surface area contributed by atoms with Crippen LogP contribution in [0.4, 0.5) is 0 Å². The van der Waals surface area contributed by atoms with Crippen LogP contribution in [-0.4, -0.2) is 11.4 Å². The molecule has 0 saturated heterocycles. The normalized spacial score (nSPS) is 10.8. The van der Waals surface area contributed by atoms with Crippen molar-refractivity contribution >= 4 is 6.21 Å². The van der Waals surface area contributed by atoms with Gasteiger partial charge in [0, 0.05) is 18.6 Å². The molecular formula is C9H13N2O+. The Morgan fingerprint density at radius 1 is 1.58 bits per heavy atom. The second kappa shape index (κ2) is 4.49. The summed E-state index contributed by atoms with van der Waals surface area (Å²) in [4.78, 5) is 0. The summed E-state index contributed by atoms with van der Waals surface area (Å²) in [6.45, 7) is 3.06. The molecule has 0 bridgehead atoms. The molecule has 1 aromatic rings. The Morgan fingerprint density at radius 2 is 2.42 bits per heavy atom. The van der Waals surface area contributed by atoms with E-state index in [1.807, 2.05) is 29.0 Å². The smallest absolute Gasteiger partial charge is 0.227 e. The molecule has 0 amide bonds. The van der Waals surface area contributed by atoms with Crippen LogP contribution in [-0.2, 0) is 6.54 Å². The zero-order valence-corrected chi connectivity index (χ0v) is 7.14. The van der Waals surface area contributed by atoms with E-state index in [1.54, 1.807) is 0 Å². The number of hydrogen-bond acceptors (Lipinski definition) is 2. The molecule has 1 aromatic heterocycles. The van der Waals surface area contributed by atoms with Crippen molar-refractivity contribution in [1.29, 1.82) is 0 Å². The maximum atomic E-state index is 8.37. The fourth-order valence-electron chi connectivity index (χ4n) is 1.11. The highest BCUT2D eigenvalue weighted by atomic mass is 16.4. The van der Waals surface area contributed by atoms with Crippen LogP contribution in [0.1, 0.15) is 19.0 Å². The molecule has 0 atom stereocenters. The Morgan fingerprint density at radius 3 is 3.08 bits per heavy atom. The first-order valence-electron chi connectivity index (χ1n) is 4.04. The van der Waals surface area contributed by atoms with Crippen molar-refractivity contribution < 1.29 is 9.77 Å². The molecule has 0 aromatic carbocycles. The van der Waals surface area contributed by atoms with Gasteiger partial charge >= 0.3 is 0 Å². The maximum Gasteiger partial charge on any atom is 0.227 e. The summed E-state index contributed by atoms with van der Waals surface area (Å²) in [5.74, 6) is 0. The van der Waals surface area contributed by atoms with Crippen LogP contribution in [0.3, 0.4) is 0 Å². The van der Waals surface area contributed by atoms with Gasteiger partial charge in [0.15, 0.2) is 6.20 Å². The van der Waals surface area contributed by atoms with E-state index in [0.29, 0.717) is 0 Å². The monoisotopic (exact) mass is 165 g/mol. The van der Waals surface area contributed by atoms with Crippen LogP contribution < -0.4 is 4.57 Å². The van der Waals surface area contributed by atoms with E-state index in [9.17, 15) is 0 Å². The first-order valence-corrected chi connectivity index (χ1v) is 4.04. The minimum atomic E-state index is 0.918. The van der Waals surface area contributed by atoms with Gasteiger partial charge in [0.05, 0.1) is 0 Å². The van der Waals surface area contributed by atoms with E-state index in [1.165, 1.54) is 6.21 Å². The first kappa shape index (κ1) is 8.71. The van der Waals surface area contributed by atoms with E-state index in [4.69, 9.17) is 5.21 Å². The Bertz CT molecular complexity index is 271. The van der Waals surface area contributed by atoms with Gasteiger partial charge < -0.3 is 5.21 Å². The molecule has 0 spiro atoms. The number of nitrogens with zero attached hydrogens (tertiary/aromatic N) is 2. The van der Waals surface area contributed by atoms with Gasteiger partial charge in [0.25, 0.3) is 0 Å². The molecule has 0 radical (unpaired) electrons. The van der Waals surface area contributed by atoms with Crippen molar-refractivity contribution in [1.82, 2.24) is 0 Å². The lowest BCUT2D eigenvalue weighted by Gasteiger charge is -1.95. The minimum absolute atomic E-state index is 0.918. The maximum absolute atomic E-state index is 8.37. The van der Waals surface area contributed by atoms with Gasteiger partial charge in [0.2, 0.25) is 5.69 Å². The summed E-state index contributed by atoms with van der Waals surface area (Å²) < 4.78 is 2.04. The largest absolute Gasteiger partial charge is 0.411 e. The summed E-state index contributed by atoms with van der Waals surface area (Å²) in [5, 5.41) is 11.4. The van der Waals surface area contributed by atoms with Crippen LogP contribution in [0, 0.1) is 0 Å². The zero-order valence-electron chi connectivity index (χ0n) is 7.14. The van der Waals surface area contributed by atoms with Gasteiger partial charge in [-0.2, -0.15) is 4.57 Å². The molecule has 0 aliphatic rings. The predicted molar refractivity (Wildman–Crippen MR) is 46.3 cm³/mol. The number of oxime groups is 1. The Labute approximate surface area is 72.0 Å². The molecule has 3 nitrogen and oxygen atoms in total. The summed E-state index contributed by atoms with van der Waals surface area (Å²) in [6.07, 6.45) is 4.48. The van der Waals surface area contributed by atoms with E-state index in [0.717, 1.165) is 18.7 Å². The summed E-state index contributed by atoms with van der Waals surface area (Å²) in [6, 6.07) is 5.79. The molecule has 0 fully saturated rings. The fourth-order valence-corrected chi connectivity index (χ4v) is 1.11. The second-order valence-corrected chi connectivity index (χ2v) is 2.56. The molecule has 1 rings (SSSR count). The fraction of sp³-hybridized carbons (Fsp3) is 0.333. The number of rotatable bonds is 3. The Hall–Kier alpha value is -1.38. The van der Waals surface area contributed by atoms with E-state index in [-0.39, 0.29) is 0 Å². The number of aryl methyl sites for hydroxylation is 1. The quantitative estimate of drug-likeness (QED) is 0.310. The van der Waals surface area contributed by atoms with Crippen molar-refractivity contribution in [3.63, 3.8) is 0 Å². The molecule has 12 heavy (non-hydrogen) atoms. The molecule has 0 unspecified atom stereocenters. The summed E-state index contributed by atoms with van der Waals surface area (Å²) in [7, 11) is 0. The second-order valence-electron chi connectivity index (χ2n) is 2.56. The zero-order chi connectivity index (χ0) is 8.81. The van der Waals surface area contributed by atoms with Crippen LogP contribution >= 0.6 is 0 Å². The van der Waals surface area contributed by atoms with Crippen molar-refractivity contribution in [3.8, 4) is 0 Å². The highest BCUT2D eigenvalue weighted by Crippen LogP contribution is 1.88. The molecule has 1 heterocycles. The highest BCUT2D eigenvalue weighted by molar-refractivity contribution is 5.74. The van der Waals surface area contributed by atoms with Crippen LogP contribution in [0.5, 0.6) is 0 Å². The van der Waals surface area contributed by atoms with Gasteiger partial charge in [-0.1, -0.05) is 12.1 Å². The third-order valence-electron chi connectivity index (χ3n) is 1.63. The topological polar surface area (TPSA) is 36.5 Å². The van der Waals surface area contributed by atoms with Gasteiger partial charge in [-0.25, -0.2) is 0 Å². The SMILES string of the molecule is CCC[n+]1ccccc1C=NO. The van der Waals surface area contributed by atoms with E-state index >= 15 is 0 Å². The average Bonchev–Trinajstić information content (AvgIpc) is 2.09. The number of hydrogen-bond donors (Lipinski definition) is 1. The average molecular weight is 165 g/mol. The molecule has 0 aliphatic carbocycles. The third kappa shape index (κ3) is 2.05. The lowest BCUT2D eigenvalue weighted by atomic mass is 10.3. The van der Waals surface area contributed by atoms with Crippen molar-refractivity contribution in [2.75, 3.05) is 0 Å². The van der Waals surface area contributed by atoms with E-state index < -0.39 is 0 Å². The number of pyridine rings is 1. The minimum Gasteiger partial charge on any atom is -0.411 e. The predicted octanol–water partition coefficient (Wildman–Crippen LogP) is 1.19. The van der Waals surface area contributed by atoms with Gasteiger partial charge in [-0.15, -0.1) is 0 Å². The van der Waals surface area contributed by atoms with Gasteiger partial charge in [-0.3, -0.25) is 0 Å². The van der Waals surface area contributed by atoms with E-state index in [2.05, 4.69) is 12.1 Å². The summed E-state index contributed by atoms with van der Waals surface area (Å²) >= 11 is 0. The van der Waals surface area contributed by atoms with Crippen LogP contribution in [0.25, 0.3) is 0 Å². The third-order valence-corrected chi connectivity index (χ3v) is 1.63. The molecule has 0 saturated carbocycles. The molecule has 1 N–H and O–H groups in total. The molecule has 3 heteroatoms. The molecular weight excluding hydrogens is 152 g/mol. The van der Waals surface area contributed by atoms with Crippen molar-refractivity contribution in [3.05, 3.63) is 30.1 Å². The van der Waals surface area contributed by atoms with Crippen molar-refractivity contribution in [2.45, 2.75) is 19.9 Å². The van der Waals surface area contributed by atoms with Crippen LogP contribution in [0.15, 0.2) is 29.6 Å². The van der Waals surface area contributed by atoms with Crippen LogP contribution in [0.2, 0.25) is 0 Å². The molecule has 0 aliphatic heterocycles. The number of aromatic nitrogens is 1. The molecule has 64 valence electrons. The Balaban J connectivity index is 2.91. The lowest BCUT2D eigenvalue weighted by molar-refractivity contribution is -0.697. The Kier molecular flexibility index (Phi) is 3.26. The first-order chi connectivity index (χ1) is 5.88. The summed E-state index contributed by atoms with van der Waals surface area (Å²) in [5.41, 5.74) is 0.918. The highest BCUT2D eigenvalue weighted by Gasteiger charge is 2.04. The van der Waals surface area contributed by atoms with Gasteiger partial charge in [-0.05, 0) is 6.07 Å². The van der Waals surface area contributed by atoms with Gasteiger partial charge in [0.1, 0.15) is 12.8 Å². The van der Waals surface area contributed by atoms with Crippen molar-refractivity contribution in [2.24, 2.45) is 5.16 Å². The standard InChI is InChI=1S/C9H12N2O/c1-2-6-11-7-4-3-5-9(11)8-10-12/h3-5,7-8H,2,6H2,1H3/p+1.